The van der Waals surface area contributed by atoms with Crippen LogP contribution in [0, 0.1) is 5.92 Å². The minimum absolute atomic E-state index is 0.0233. The molecule has 1 atom stereocenters. The summed E-state index contributed by atoms with van der Waals surface area (Å²) < 4.78 is 34.0. The zero-order valence-corrected chi connectivity index (χ0v) is 16.3. The molecule has 1 N–H and O–H groups in total. The van der Waals surface area contributed by atoms with Gasteiger partial charge in [-0.1, -0.05) is 12.1 Å². The average Bonchev–Trinajstić information content (AvgIpc) is 3.18. The SMILES string of the molecule is CCn1cnc(S(=O)(=O)N2CCCC(C(=O)Nc3ccccc3OC)C2)c1. The van der Waals surface area contributed by atoms with Gasteiger partial charge in [0.2, 0.25) is 5.91 Å². The lowest BCUT2D eigenvalue weighted by Crippen LogP contribution is -2.43. The van der Waals surface area contributed by atoms with Gasteiger partial charge in [-0.2, -0.15) is 4.31 Å². The summed E-state index contributed by atoms with van der Waals surface area (Å²) in [5.74, 6) is -0.0681. The number of sulfonamides is 1. The Kier molecular flexibility index (Phi) is 5.81. The highest BCUT2D eigenvalue weighted by molar-refractivity contribution is 7.89. The quantitative estimate of drug-likeness (QED) is 0.811. The number of rotatable bonds is 6. The van der Waals surface area contributed by atoms with E-state index in [1.54, 1.807) is 22.8 Å². The predicted octanol–water partition coefficient (Wildman–Crippen LogP) is 1.95. The summed E-state index contributed by atoms with van der Waals surface area (Å²) in [7, 11) is -2.17. The number of nitrogens with one attached hydrogen (secondary N) is 1. The van der Waals surface area contributed by atoms with Gasteiger partial charge in [-0.05, 0) is 31.9 Å². The maximum Gasteiger partial charge on any atom is 0.262 e. The fraction of sp³-hybridized carbons (Fsp3) is 0.444. The highest BCUT2D eigenvalue weighted by Gasteiger charge is 2.34. The first-order chi connectivity index (χ1) is 13.0. The number of carbonyl (C=O) groups is 1. The molecule has 0 aliphatic carbocycles. The Morgan fingerprint density at radius 2 is 2.15 bits per heavy atom. The van der Waals surface area contributed by atoms with Crippen molar-refractivity contribution < 1.29 is 17.9 Å². The number of aryl methyl sites for hydroxylation is 1. The summed E-state index contributed by atoms with van der Waals surface area (Å²) in [6.45, 7) is 3.09. The summed E-state index contributed by atoms with van der Waals surface area (Å²) in [6.07, 6.45) is 4.28. The number of para-hydroxylation sites is 2. The van der Waals surface area contributed by atoms with Gasteiger partial charge in [0.25, 0.3) is 10.0 Å². The normalized spacial score (nSPS) is 18.2. The molecule has 27 heavy (non-hydrogen) atoms. The number of ether oxygens (including phenoxy) is 1. The van der Waals surface area contributed by atoms with Crippen LogP contribution in [0.2, 0.25) is 0 Å². The van der Waals surface area contributed by atoms with E-state index in [0.29, 0.717) is 37.4 Å². The van der Waals surface area contributed by atoms with E-state index >= 15 is 0 Å². The number of hydrogen-bond acceptors (Lipinski definition) is 5. The molecule has 2 aromatic rings. The Morgan fingerprint density at radius 1 is 1.37 bits per heavy atom. The van der Waals surface area contributed by atoms with Crippen molar-refractivity contribution >= 4 is 21.6 Å². The summed E-state index contributed by atoms with van der Waals surface area (Å²) in [6, 6.07) is 7.14. The molecule has 0 spiro atoms. The van der Waals surface area contributed by atoms with Gasteiger partial charge in [0.05, 0.1) is 25.0 Å². The maximum atomic E-state index is 12.8. The van der Waals surface area contributed by atoms with Crippen LogP contribution in [0.25, 0.3) is 0 Å². The molecule has 3 rings (SSSR count). The van der Waals surface area contributed by atoms with Crippen LogP contribution in [0.5, 0.6) is 5.75 Å². The Balaban J connectivity index is 1.72. The van der Waals surface area contributed by atoms with Crippen LogP contribution in [-0.4, -0.2) is 48.4 Å². The predicted molar refractivity (Wildman–Crippen MR) is 101 cm³/mol. The minimum atomic E-state index is -3.71. The van der Waals surface area contributed by atoms with E-state index in [1.165, 1.54) is 23.9 Å². The van der Waals surface area contributed by atoms with Crippen molar-refractivity contribution in [2.75, 3.05) is 25.5 Å². The first-order valence-electron chi connectivity index (χ1n) is 8.91. The van der Waals surface area contributed by atoms with Crippen LogP contribution in [0.1, 0.15) is 19.8 Å². The molecule has 0 radical (unpaired) electrons. The third kappa shape index (κ3) is 4.14. The zero-order chi connectivity index (χ0) is 19.4. The molecule has 1 saturated heterocycles. The summed E-state index contributed by atoms with van der Waals surface area (Å²) >= 11 is 0. The Bertz CT molecular complexity index is 910. The molecule has 0 saturated carbocycles. The number of anilines is 1. The molecule has 1 unspecified atom stereocenters. The first-order valence-corrected chi connectivity index (χ1v) is 10.4. The molecule has 8 nitrogen and oxygen atoms in total. The zero-order valence-electron chi connectivity index (χ0n) is 15.5. The molecule has 146 valence electrons. The minimum Gasteiger partial charge on any atom is -0.495 e. The molecule has 1 fully saturated rings. The van der Waals surface area contributed by atoms with Gasteiger partial charge in [0.1, 0.15) is 5.75 Å². The highest BCUT2D eigenvalue weighted by atomic mass is 32.2. The number of nitrogens with zero attached hydrogens (tertiary/aromatic N) is 3. The number of amides is 1. The van der Waals surface area contributed by atoms with E-state index in [4.69, 9.17) is 4.74 Å². The Labute approximate surface area is 159 Å². The molecule has 0 bridgehead atoms. The van der Waals surface area contributed by atoms with Crippen molar-refractivity contribution in [3.63, 3.8) is 0 Å². The molecule has 9 heteroatoms. The van der Waals surface area contributed by atoms with Gasteiger partial charge < -0.3 is 14.6 Å². The lowest BCUT2D eigenvalue weighted by molar-refractivity contribution is -0.120. The summed E-state index contributed by atoms with van der Waals surface area (Å²) in [4.78, 5) is 16.7. The fourth-order valence-electron chi connectivity index (χ4n) is 3.14. The van der Waals surface area contributed by atoms with Crippen LogP contribution < -0.4 is 10.1 Å². The maximum absolute atomic E-state index is 12.8. The number of hydrogen-bond donors (Lipinski definition) is 1. The molecule has 1 aromatic carbocycles. The Morgan fingerprint density at radius 3 is 2.85 bits per heavy atom. The van der Waals surface area contributed by atoms with Gasteiger partial charge in [-0.15, -0.1) is 0 Å². The topological polar surface area (TPSA) is 93.5 Å². The van der Waals surface area contributed by atoms with Gasteiger partial charge >= 0.3 is 0 Å². The second-order valence-electron chi connectivity index (χ2n) is 6.43. The number of methoxy groups -OCH3 is 1. The van der Waals surface area contributed by atoms with E-state index < -0.39 is 15.9 Å². The molecule has 2 heterocycles. The van der Waals surface area contributed by atoms with Crippen LogP contribution >= 0.6 is 0 Å². The average molecular weight is 392 g/mol. The van der Waals surface area contributed by atoms with Crippen LogP contribution in [0.3, 0.4) is 0 Å². The van der Waals surface area contributed by atoms with Crippen molar-refractivity contribution in [1.29, 1.82) is 0 Å². The molecular weight excluding hydrogens is 368 g/mol. The van der Waals surface area contributed by atoms with Gasteiger partial charge in [0.15, 0.2) is 5.03 Å². The molecule has 1 amide bonds. The molecule has 1 aromatic heterocycles. The molecule has 1 aliphatic rings. The number of benzene rings is 1. The van der Waals surface area contributed by atoms with Crippen molar-refractivity contribution in [1.82, 2.24) is 13.9 Å². The number of imidazole rings is 1. The van der Waals surface area contributed by atoms with E-state index in [-0.39, 0.29) is 17.5 Å². The summed E-state index contributed by atoms with van der Waals surface area (Å²) in [5, 5.41) is 2.87. The molecule has 1 aliphatic heterocycles. The number of carbonyl (C=O) groups excluding carboxylic acids is 1. The van der Waals surface area contributed by atoms with Gasteiger partial charge in [-0.25, -0.2) is 13.4 Å². The van der Waals surface area contributed by atoms with Gasteiger partial charge in [-0.3, -0.25) is 4.79 Å². The smallest absolute Gasteiger partial charge is 0.262 e. The standard InChI is InChI=1S/C18H24N4O4S/c1-3-21-12-17(19-13-21)27(24,25)22-10-6-7-14(11-22)18(23)20-15-8-4-5-9-16(15)26-2/h4-5,8-9,12-14H,3,6-7,10-11H2,1-2H3,(H,20,23). The highest BCUT2D eigenvalue weighted by Crippen LogP contribution is 2.27. The largest absolute Gasteiger partial charge is 0.495 e. The second kappa shape index (κ2) is 8.10. The van der Waals surface area contributed by atoms with Crippen molar-refractivity contribution in [2.45, 2.75) is 31.3 Å². The van der Waals surface area contributed by atoms with E-state index in [1.807, 2.05) is 13.0 Å². The number of piperidine rings is 1. The lowest BCUT2D eigenvalue weighted by atomic mass is 9.98. The van der Waals surface area contributed by atoms with Crippen LogP contribution in [0.15, 0.2) is 41.8 Å². The van der Waals surface area contributed by atoms with E-state index in [2.05, 4.69) is 10.3 Å². The lowest BCUT2D eigenvalue weighted by Gasteiger charge is -2.30. The van der Waals surface area contributed by atoms with Crippen molar-refractivity contribution in [3.8, 4) is 5.75 Å². The monoisotopic (exact) mass is 392 g/mol. The third-order valence-corrected chi connectivity index (χ3v) is 6.45. The molecular formula is C18H24N4O4S. The first kappa shape index (κ1) is 19.4. The third-order valence-electron chi connectivity index (χ3n) is 4.70. The van der Waals surface area contributed by atoms with Crippen molar-refractivity contribution in [3.05, 3.63) is 36.8 Å². The fourth-order valence-corrected chi connectivity index (χ4v) is 4.59. The number of aromatic nitrogens is 2. The van der Waals surface area contributed by atoms with Crippen LogP contribution in [-0.2, 0) is 21.4 Å². The van der Waals surface area contributed by atoms with Gasteiger partial charge in [0, 0.05) is 25.8 Å². The van der Waals surface area contributed by atoms with Crippen molar-refractivity contribution in [2.24, 2.45) is 5.92 Å². The van der Waals surface area contributed by atoms with E-state index in [9.17, 15) is 13.2 Å². The van der Waals surface area contributed by atoms with E-state index in [0.717, 1.165) is 0 Å². The second-order valence-corrected chi connectivity index (χ2v) is 8.32. The van der Waals surface area contributed by atoms with Crippen LogP contribution in [0.4, 0.5) is 5.69 Å². The Hall–Kier alpha value is -2.39. The summed E-state index contributed by atoms with van der Waals surface area (Å²) in [5.41, 5.74) is 0.576.